The topological polar surface area (TPSA) is 38.9 Å². The van der Waals surface area contributed by atoms with Crippen LogP contribution in [0.3, 0.4) is 0 Å². The summed E-state index contributed by atoms with van der Waals surface area (Å²) in [6, 6.07) is 4.31. The predicted octanol–water partition coefficient (Wildman–Crippen LogP) is 3.31. The zero-order valence-corrected chi connectivity index (χ0v) is 9.59. The highest BCUT2D eigenvalue weighted by molar-refractivity contribution is 6.30. The Bertz CT molecular complexity index is 501. The monoisotopic (exact) mass is 260 g/mol. The smallest absolute Gasteiger partial charge is 0.247 e. The lowest BCUT2D eigenvalue weighted by atomic mass is 10.2. The maximum absolute atomic E-state index is 13.2. The summed E-state index contributed by atoms with van der Waals surface area (Å²) in [4.78, 5) is 0. The van der Waals surface area contributed by atoms with Crippen LogP contribution >= 0.6 is 23.2 Å². The number of aryl methyl sites for hydroxylation is 1. The minimum atomic E-state index is -0.517. The molecule has 16 heavy (non-hydrogen) atoms. The van der Waals surface area contributed by atoms with E-state index in [1.807, 2.05) is 0 Å². The zero-order chi connectivity index (χ0) is 11.5. The summed E-state index contributed by atoms with van der Waals surface area (Å²) in [5.74, 6) is 0.573. The summed E-state index contributed by atoms with van der Waals surface area (Å²) in [5, 5.41) is 7.63. The van der Waals surface area contributed by atoms with Crippen LogP contribution in [0.5, 0.6) is 0 Å². The summed E-state index contributed by atoms with van der Waals surface area (Å²) in [5.41, 5.74) is 0.496. The largest absolute Gasteiger partial charge is 0.421 e. The van der Waals surface area contributed by atoms with Crippen LogP contribution in [0, 0.1) is 5.82 Å². The Labute approximate surface area is 101 Å². The van der Waals surface area contributed by atoms with E-state index in [1.165, 1.54) is 12.1 Å². The number of nitrogens with zero attached hydrogens (tertiary/aromatic N) is 2. The van der Waals surface area contributed by atoms with Crippen molar-refractivity contribution in [2.75, 3.05) is 5.88 Å². The molecule has 1 aromatic heterocycles. The van der Waals surface area contributed by atoms with E-state index < -0.39 is 5.82 Å². The van der Waals surface area contributed by atoms with Gasteiger partial charge in [-0.3, -0.25) is 0 Å². The van der Waals surface area contributed by atoms with Crippen LogP contribution in [-0.2, 0) is 6.42 Å². The Morgan fingerprint density at radius 3 is 2.81 bits per heavy atom. The Kier molecular flexibility index (Phi) is 3.41. The van der Waals surface area contributed by atoms with Gasteiger partial charge in [0.1, 0.15) is 5.82 Å². The maximum Gasteiger partial charge on any atom is 0.247 e. The molecule has 0 radical (unpaired) electrons. The van der Waals surface area contributed by atoms with Gasteiger partial charge >= 0.3 is 0 Å². The van der Waals surface area contributed by atoms with Crippen molar-refractivity contribution in [3.05, 3.63) is 34.9 Å². The average molecular weight is 261 g/mol. The molecule has 1 aromatic carbocycles. The molecule has 0 unspecified atom stereocenters. The van der Waals surface area contributed by atoms with Gasteiger partial charge in [0, 0.05) is 17.9 Å². The molecule has 0 fully saturated rings. The molecule has 3 nitrogen and oxygen atoms in total. The normalized spacial score (nSPS) is 10.7. The predicted molar refractivity (Wildman–Crippen MR) is 59.1 cm³/mol. The van der Waals surface area contributed by atoms with Crippen molar-refractivity contribution in [1.82, 2.24) is 10.2 Å². The fraction of sp³-hybridized carbons (Fsp3) is 0.200. The van der Waals surface area contributed by atoms with E-state index in [2.05, 4.69) is 10.2 Å². The van der Waals surface area contributed by atoms with Crippen molar-refractivity contribution in [3.63, 3.8) is 0 Å². The first-order valence-electron chi connectivity index (χ1n) is 4.54. The first-order chi connectivity index (χ1) is 7.70. The SMILES string of the molecule is Fc1cc(-c2nnc(CCCl)o2)ccc1Cl. The number of halogens is 3. The van der Waals surface area contributed by atoms with Crippen molar-refractivity contribution < 1.29 is 8.81 Å². The molecule has 0 saturated heterocycles. The fourth-order valence-electron chi connectivity index (χ4n) is 1.18. The third-order valence-corrected chi connectivity index (χ3v) is 2.44. The second-order valence-corrected chi connectivity index (χ2v) is 3.85. The van der Waals surface area contributed by atoms with Crippen molar-refractivity contribution >= 4 is 23.2 Å². The Balaban J connectivity index is 2.31. The molecule has 0 spiro atoms. The third-order valence-electron chi connectivity index (χ3n) is 1.94. The van der Waals surface area contributed by atoms with Gasteiger partial charge in [-0.05, 0) is 18.2 Å². The average Bonchev–Trinajstić information content (AvgIpc) is 2.71. The van der Waals surface area contributed by atoms with Crippen LogP contribution in [0.25, 0.3) is 11.5 Å². The lowest BCUT2D eigenvalue weighted by Crippen LogP contribution is -1.84. The number of benzene rings is 1. The van der Waals surface area contributed by atoms with E-state index in [9.17, 15) is 4.39 Å². The maximum atomic E-state index is 13.2. The van der Waals surface area contributed by atoms with E-state index in [0.29, 0.717) is 23.8 Å². The molecule has 0 aliphatic heterocycles. The molecule has 0 aliphatic rings. The van der Waals surface area contributed by atoms with Crippen LogP contribution in [0.15, 0.2) is 22.6 Å². The van der Waals surface area contributed by atoms with Gasteiger partial charge in [-0.1, -0.05) is 11.6 Å². The Hall–Kier alpha value is -1.13. The molecule has 0 aliphatic carbocycles. The standard InChI is InChI=1S/C10H7Cl2FN2O/c11-4-3-9-14-15-10(16-9)6-1-2-7(12)8(13)5-6/h1-2,5H,3-4H2. The highest BCUT2D eigenvalue weighted by Gasteiger charge is 2.10. The van der Waals surface area contributed by atoms with Gasteiger partial charge in [0.05, 0.1) is 5.02 Å². The molecule has 0 atom stereocenters. The minimum absolute atomic E-state index is 0.0595. The van der Waals surface area contributed by atoms with Gasteiger partial charge in [0.15, 0.2) is 0 Å². The van der Waals surface area contributed by atoms with Crippen molar-refractivity contribution in [2.24, 2.45) is 0 Å². The molecule has 0 N–H and O–H groups in total. The van der Waals surface area contributed by atoms with Gasteiger partial charge in [-0.2, -0.15) is 0 Å². The third kappa shape index (κ3) is 2.33. The number of hydrogen-bond acceptors (Lipinski definition) is 3. The highest BCUT2D eigenvalue weighted by atomic mass is 35.5. The van der Waals surface area contributed by atoms with E-state index in [0.717, 1.165) is 0 Å². The molecule has 2 aromatic rings. The lowest BCUT2D eigenvalue weighted by Gasteiger charge is -1.96. The number of aromatic nitrogens is 2. The first-order valence-corrected chi connectivity index (χ1v) is 5.45. The minimum Gasteiger partial charge on any atom is -0.421 e. The number of alkyl halides is 1. The van der Waals surface area contributed by atoms with Crippen LogP contribution in [0.1, 0.15) is 5.89 Å². The van der Waals surface area contributed by atoms with Gasteiger partial charge < -0.3 is 4.42 Å². The molecule has 6 heteroatoms. The summed E-state index contributed by atoms with van der Waals surface area (Å²) >= 11 is 11.1. The highest BCUT2D eigenvalue weighted by Crippen LogP contribution is 2.23. The second kappa shape index (κ2) is 4.80. The quantitative estimate of drug-likeness (QED) is 0.795. The summed E-state index contributed by atoms with van der Waals surface area (Å²) in [6.45, 7) is 0. The van der Waals surface area contributed by atoms with Crippen LogP contribution in [0.4, 0.5) is 4.39 Å². The summed E-state index contributed by atoms with van der Waals surface area (Å²) in [7, 11) is 0. The molecule has 2 rings (SSSR count). The lowest BCUT2D eigenvalue weighted by molar-refractivity contribution is 0.513. The number of hydrogen-bond donors (Lipinski definition) is 0. The molecule has 84 valence electrons. The van der Waals surface area contributed by atoms with Crippen molar-refractivity contribution in [3.8, 4) is 11.5 Å². The van der Waals surface area contributed by atoms with Gasteiger partial charge in [0.2, 0.25) is 11.8 Å². The zero-order valence-electron chi connectivity index (χ0n) is 8.08. The summed E-state index contributed by atoms with van der Waals surface area (Å²) < 4.78 is 18.5. The van der Waals surface area contributed by atoms with Crippen LogP contribution < -0.4 is 0 Å². The number of rotatable bonds is 3. The van der Waals surface area contributed by atoms with Crippen LogP contribution in [0.2, 0.25) is 5.02 Å². The van der Waals surface area contributed by atoms with Gasteiger partial charge in [0.25, 0.3) is 0 Å². The fourth-order valence-corrected chi connectivity index (χ4v) is 1.46. The van der Waals surface area contributed by atoms with Gasteiger partial charge in [-0.25, -0.2) is 4.39 Å². The van der Waals surface area contributed by atoms with E-state index in [1.54, 1.807) is 6.07 Å². The summed E-state index contributed by atoms with van der Waals surface area (Å²) in [6.07, 6.45) is 0.491. The van der Waals surface area contributed by atoms with Crippen molar-refractivity contribution in [2.45, 2.75) is 6.42 Å². The van der Waals surface area contributed by atoms with E-state index in [-0.39, 0.29) is 10.9 Å². The van der Waals surface area contributed by atoms with E-state index >= 15 is 0 Å². The van der Waals surface area contributed by atoms with Crippen LogP contribution in [-0.4, -0.2) is 16.1 Å². The molecule has 0 saturated carbocycles. The molecular weight excluding hydrogens is 254 g/mol. The van der Waals surface area contributed by atoms with Crippen molar-refractivity contribution in [1.29, 1.82) is 0 Å². The Morgan fingerprint density at radius 1 is 1.31 bits per heavy atom. The molecule has 0 bridgehead atoms. The molecule has 1 heterocycles. The Morgan fingerprint density at radius 2 is 2.12 bits per heavy atom. The molecule has 0 amide bonds. The molecular formula is C10H7Cl2FN2O. The van der Waals surface area contributed by atoms with E-state index in [4.69, 9.17) is 27.6 Å². The second-order valence-electron chi connectivity index (χ2n) is 3.07. The first kappa shape index (κ1) is 11.4. The van der Waals surface area contributed by atoms with Gasteiger partial charge in [-0.15, -0.1) is 21.8 Å².